The molecule has 134 valence electrons. The number of thiazole rings is 1. The van der Waals surface area contributed by atoms with Crippen LogP contribution in [0.4, 0.5) is 4.79 Å². The summed E-state index contributed by atoms with van der Waals surface area (Å²) in [5.74, 6) is 1.33. The molecule has 2 N–H and O–H groups in total. The van der Waals surface area contributed by atoms with Gasteiger partial charge >= 0.3 is 6.03 Å². The van der Waals surface area contributed by atoms with Crippen molar-refractivity contribution in [2.24, 2.45) is 5.92 Å². The molecule has 1 saturated carbocycles. The van der Waals surface area contributed by atoms with Crippen molar-refractivity contribution in [1.29, 1.82) is 0 Å². The van der Waals surface area contributed by atoms with Crippen molar-refractivity contribution in [1.82, 2.24) is 15.6 Å². The van der Waals surface area contributed by atoms with E-state index in [1.54, 1.807) is 18.4 Å². The van der Waals surface area contributed by atoms with Gasteiger partial charge in [0.2, 0.25) is 0 Å². The number of carbonyl (C=O) groups is 1. The van der Waals surface area contributed by atoms with E-state index in [2.05, 4.69) is 15.6 Å². The maximum absolute atomic E-state index is 12.4. The van der Waals surface area contributed by atoms with Gasteiger partial charge in [0.15, 0.2) is 0 Å². The van der Waals surface area contributed by atoms with Crippen molar-refractivity contribution in [3.63, 3.8) is 0 Å². The number of ether oxygens (including phenoxy) is 1. The summed E-state index contributed by atoms with van der Waals surface area (Å²) in [7, 11) is 1.65. The van der Waals surface area contributed by atoms with E-state index in [-0.39, 0.29) is 12.1 Å². The fourth-order valence-electron chi connectivity index (χ4n) is 3.06. The molecule has 3 aromatic rings. The van der Waals surface area contributed by atoms with Crippen LogP contribution in [0.5, 0.6) is 5.75 Å². The van der Waals surface area contributed by atoms with Gasteiger partial charge in [-0.05, 0) is 48.6 Å². The number of nitrogens with one attached hydrogen (secondary N) is 2. The molecule has 0 radical (unpaired) electrons. The number of para-hydroxylation sites is 1. The highest BCUT2D eigenvalue weighted by molar-refractivity contribution is 7.18. The molecule has 1 aliphatic rings. The van der Waals surface area contributed by atoms with E-state index in [0.717, 1.165) is 39.4 Å². The van der Waals surface area contributed by atoms with Gasteiger partial charge in [0.05, 0.1) is 29.9 Å². The minimum Gasteiger partial charge on any atom is -0.497 e. The lowest BCUT2D eigenvalue weighted by Gasteiger charge is -2.19. The highest BCUT2D eigenvalue weighted by atomic mass is 32.1. The Kier molecular flexibility index (Phi) is 4.75. The molecule has 0 aliphatic heterocycles. The summed E-state index contributed by atoms with van der Waals surface area (Å²) >= 11 is 1.61. The molecular weight excluding hydrogens is 346 g/mol. The Labute approximate surface area is 156 Å². The highest BCUT2D eigenvalue weighted by Crippen LogP contribution is 2.41. The summed E-state index contributed by atoms with van der Waals surface area (Å²) < 4.78 is 6.35. The van der Waals surface area contributed by atoms with E-state index in [1.807, 2.05) is 48.5 Å². The first-order chi connectivity index (χ1) is 12.7. The number of nitrogens with zero attached hydrogens (tertiary/aromatic N) is 1. The fraction of sp³-hybridized carbons (Fsp3) is 0.300. The van der Waals surface area contributed by atoms with Gasteiger partial charge in [-0.25, -0.2) is 9.78 Å². The summed E-state index contributed by atoms with van der Waals surface area (Å²) in [6, 6.07) is 15.8. The Morgan fingerprint density at radius 2 is 2.00 bits per heavy atom. The maximum Gasteiger partial charge on any atom is 0.315 e. The molecule has 1 heterocycles. The summed E-state index contributed by atoms with van der Waals surface area (Å²) in [4.78, 5) is 17.0. The van der Waals surface area contributed by atoms with Crippen LogP contribution in [-0.2, 0) is 6.54 Å². The molecule has 1 fully saturated rings. The zero-order valence-corrected chi connectivity index (χ0v) is 15.4. The second-order valence-corrected chi connectivity index (χ2v) is 7.61. The molecule has 5 nitrogen and oxygen atoms in total. The van der Waals surface area contributed by atoms with E-state index < -0.39 is 0 Å². The number of fused-ring (bicyclic) bond motifs is 1. The third-order valence-corrected chi connectivity index (χ3v) is 5.63. The second-order valence-electron chi connectivity index (χ2n) is 6.49. The molecule has 6 heteroatoms. The number of amides is 2. The van der Waals surface area contributed by atoms with E-state index in [9.17, 15) is 4.79 Å². The molecule has 1 unspecified atom stereocenters. The van der Waals surface area contributed by atoms with Gasteiger partial charge in [0.25, 0.3) is 0 Å². The lowest BCUT2D eigenvalue weighted by molar-refractivity contribution is 0.235. The Bertz CT molecular complexity index is 870. The molecule has 1 atom stereocenters. The van der Waals surface area contributed by atoms with Gasteiger partial charge in [0.1, 0.15) is 10.8 Å². The van der Waals surface area contributed by atoms with Crippen LogP contribution < -0.4 is 15.4 Å². The topological polar surface area (TPSA) is 63.2 Å². The zero-order valence-electron chi connectivity index (χ0n) is 14.6. The SMILES string of the molecule is COc1ccc(C(NC(=O)NCc2nc3ccccc3s2)C2CC2)cc1. The molecule has 4 rings (SSSR count). The Hall–Kier alpha value is -2.60. The third-order valence-electron chi connectivity index (χ3n) is 4.59. The van der Waals surface area contributed by atoms with Crippen molar-refractivity contribution >= 4 is 27.6 Å². The van der Waals surface area contributed by atoms with Gasteiger partial charge in [-0.1, -0.05) is 24.3 Å². The van der Waals surface area contributed by atoms with Crippen LogP contribution in [0.15, 0.2) is 48.5 Å². The normalized spacial score (nSPS) is 14.8. The van der Waals surface area contributed by atoms with Crippen molar-refractivity contribution in [3.05, 3.63) is 59.1 Å². The Balaban J connectivity index is 1.38. The minimum atomic E-state index is -0.156. The first-order valence-electron chi connectivity index (χ1n) is 8.75. The summed E-state index contributed by atoms with van der Waals surface area (Å²) in [5.41, 5.74) is 2.09. The highest BCUT2D eigenvalue weighted by Gasteiger charge is 2.33. The molecular formula is C20H21N3O2S. The van der Waals surface area contributed by atoms with Crippen LogP contribution >= 0.6 is 11.3 Å². The van der Waals surface area contributed by atoms with E-state index in [1.165, 1.54) is 0 Å². The average molecular weight is 367 g/mol. The minimum absolute atomic E-state index is 0.0382. The number of aromatic nitrogens is 1. The van der Waals surface area contributed by atoms with Crippen molar-refractivity contribution in [2.45, 2.75) is 25.4 Å². The first kappa shape index (κ1) is 16.8. The number of urea groups is 1. The first-order valence-corrected chi connectivity index (χ1v) is 9.57. The van der Waals surface area contributed by atoms with E-state index >= 15 is 0 Å². The summed E-state index contributed by atoms with van der Waals surface area (Å²) in [6.45, 7) is 0.436. The monoisotopic (exact) mass is 367 g/mol. The Morgan fingerprint density at radius 3 is 2.69 bits per heavy atom. The lowest BCUT2D eigenvalue weighted by atomic mass is 10.0. The molecule has 26 heavy (non-hydrogen) atoms. The van der Waals surface area contributed by atoms with Crippen molar-refractivity contribution < 1.29 is 9.53 Å². The standard InChI is InChI=1S/C20H21N3O2S/c1-25-15-10-8-14(9-11-15)19(13-6-7-13)23-20(24)21-12-18-22-16-4-2-3-5-17(16)26-18/h2-5,8-11,13,19H,6-7,12H2,1H3,(H2,21,23,24). The third kappa shape index (κ3) is 3.80. The number of carbonyl (C=O) groups excluding carboxylic acids is 1. The van der Waals surface area contributed by atoms with Gasteiger partial charge in [0, 0.05) is 0 Å². The van der Waals surface area contributed by atoms with Crippen molar-refractivity contribution in [2.75, 3.05) is 7.11 Å². The predicted molar refractivity (Wildman–Crippen MR) is 103 cm³/mol. The van der Waals surface area contributed by atoms with E-state index in [4.69, 9.17) is 4.74 Å². The quantitative estimate of drug-likeness (QED) is 0.684. The van der Waals surface area contributed by atoms with Crippen LogP contribution in [0.25, 0.3) is 10.2 Å². The lowest BCUT2D eigenvalue weighted by Crippen LogP contribution is -2.38. The molecule has 1 aliphatic carbocycles. The van der Waals surface area contributed by atoms with Crippen LogP contribution in [0.2, 0.25) is 0 Å². The number of hydrogen-bond donors (Lipinski definition) is 2. The van der Waals surface area contributed by atoms with Crippen LogP contribution in [0, 0.1) is 5.92 Å². The predicted octanol–water partition coefficient (Wildman–Crippen LogP) is 4.26. The van der Waals surface area contributed by atoms with Gasteiger partial charge in [-0.2, -0.15) is 0 Å². The second kappa shape index (κ2) is 7.33. The van der Waals surface area contributed by atoms with Crippen LogP contribution in [0.3, 0.4) is 0 Å². The molecule has 0 spiro atoms. The summed E-state index contributed by atoms with van der Waals surface area (Å²) in [5, 5.41) is 6.97. The van der Waals surface area contributed by atoms with Crippen LogP contribution in [0.1, 0.15) is 29.5 Å². The zero-order chi connectivity index (χ0) is 17.9. The number of rotatable bonds is 6. The Morgan fingerprint density at radius 1 is 1.23 bits per heavy atom. The van der Waals surface area contributed by atoms with Gasteiger partial charge in [-0.15, -0.1) is 11.3 Å². The van der Waals surface area contributed by atoms with E-state index in [0.29, 0.717) is 12.5 Å². The maximum atomic E-state index is 12.4. The largest absolute Gasteiger partial charge is 0.497 e. The fourth-order valence-corrected chi connectivity index (χ4v) is 3.96. The van der Waals surface area contributed by atoms with Crippen molar-refractivity contribution in [3.8, 4) is 5.75 Å². The average Bonchev–Trinajstić information content (AvgIpc) is 3.43. The molecule has 0 bridgehead atoms. The van der Waals surface area contributed by atoms with Gasteiger partial charge < -0.3 is 15.4 Å². The number of hydrogen-bond acceptors (Lipinski definition) is 4. The summed E-state index contributed by atoms with van der Waals surface area (Å²) in [6.07, 6.45) is 2.30. The molecule has 0 saturated heterocycles. The van der Waals surface area contributed by atoms with Crippen LogP contribution in [-0.4, -0.2) is 18.1 Å². The smallest absolute Gasteiger partial charge is 0.315 e. The molecule has 2 amide bonds. The number of benzene rings is 2. The molecule has 1 aromatic heterocycles. The molecule has 2 aromatic carbocycles. The van der Waals surface area contributed by atoms with Gasteiger partial charge in [-0.3, -0.25) is 0 Å². The number of methoxy groups -OCH3 is 1.